The lowest BCUT2D eigenvalue weighted by Gasteiger charge is -2.26. The summed E-state index contributed by atoms with van der Waals surface area (Å²) >= 11 is 0. The van der Waals surface area contributed by atoms with Gasteiger partial charge in [-0.15, -0.1) is 0 Å². The van der Waals surface area contributed by atoms with Crippen LogP contribution in [0.25, 0.3) is 0 Å². The zero-order valence-electron chi connectivity index (χ0n) is 10.1. The smallest absolute Gasteiger partial charge is 0.319 e. The molecule has 1 fully saturated rings. The number of rotatable bonds is 7. The summed E-state index contributed by atoms with van der Waals surface area (Å²) in [6.45, 7) is 1.34. The summed E-state index contributed by atoms with van der Waals surface area (Å²) in [4.78, 5) is 23.0. The largest absolute Gasteiger partial charge is 0.480 e. The van der Waals surface area contributed by atoms with Gasteiger partial charge in [-0.25, -0.2) is 0 Å². The number of aliphatic hydroxyl groups excluding tert-OH is 1. The van der Waals surface area contributed by atoms with Gasteiger partial charge in [0, 0.05) is 19.6 Å². The van der Waals surface area contributed by atoms with E-state index in [1.54, 1.807) is 0 Å². The van der Waals surface area contributed by atoms with Crippen LogP contribution in [0.15, 0.2) is 0 Å². The molecule has 0 aromatic carbocycles. The summed E-state index contributed by atoms with van der Waals surface area (Å²) in [6.07, 6.45) is 0.657. The van der Waals surface area contributed by atoms with Crippen molar-refractivity contribution in [3.8, 4) is 0 Å². The quantitative estimate of drug-likeness (QED) is 0.538. The fourth-order valence-corrected chi connectivity index (χ4v) is 1.57. The van der Waals surface area contributed by atoms with Gasteiger partial charge >= 0.3 is 5.97 Å². The summed E-state index contributed by atoms with van der Waals surface area (Å²) in [5.74, 6) is -1.77. The van der Waals surface area contributed by atoms with Crippen LogP contribution in [-0.2, 0) is 14.3 Å². The molecule has 2 atom stereocenters. The number of amides is 1. The fourth-order valence-electron chi connectivity index (χ4n) is 1.57. The van der Waals surface area contributed by atoms with E-state index in [0.717, 1.165) is 12.8 Å². The Bertz CT molecular complexity index is 302. The molecule has 3 N–H and O–H groups in total. The van der Waals surface area contributed by atoms with Gasteiger partial charge in [-0.1, -0.05) is 0 Å². The summed E-state index contributed by atoms with van der Waals surface area (Å²) in [5.41, 5.74) is -1.61. The van der Waals surface area contributed by atoms with Gasteiger partial charge in [0.2, 0.25) is 5.91 Å². The molecule has 0 radical (unpaired) electrons. The van der Waals surface area contributed by atoms with E-state index >= 15 is 0 Å². The highest BCUT2D eigenvalue weighted by Gasteiger charge is 2.44. The van der Waals surface area contributed by atoms with Crippen molar-refractivity contribution >= 4 is 11.9 Å². The van der Waals surface area contributed by atoms with Crippen molar-refractivity contribution in [3.63, 3.8) is 0 Å². The van der Waals surface area contributed by atoms with Gasteiger partial charge in [0.25, 0.3) is 0 Å². The Kier molecular flexibility index (Phi) is 4.47. The third kappa shape index (κ3) is 3.67. The molecule has 0 aromatic rings. The summed E-state index contributed by atoms with van der Waals surface area (Å²) < 4.78 is 4.73. The van der Waals surface area contributed by atoms with Crippen molar-refractivity contribution < 1.29 is 24.5 Å². The van der Waals surface area contributed by atoms with Crippen LogP contribution < -0.4 is 5.32 Å². The Morgan fingerprint density at radius 1 is 1.53 bits per heavy atom. The predicted octanol–water partition coefficient (Wildman–Crippen LogP) is -0.247. The van der Waals surface area contributed by atoms with E-state index in [9.17, 15) is 14.7 Å². The first-order chi connectivity index (χ1) is 7.90. The average molecular weight is 245 g/mol. The lowest BCUT2D eigenvalue weighted by molar-refractivity contribution is -0.157. The molecule has 0 aliphatic heterocycles. The van der Waals surface area contributed by atoms with Crippen LogP contribution in [0.1, 0.15) is 26.2 Å². The van der Waals surface area contributed by atoms with Crippen LogP contribution in [0.2, 0.25) is 0 Å². The molecule has 1 aliphatic rings. The van der Waals surface area contributed by atoms with Gasteiger partial charge in [0.05, 0.1) is 12.7 Å². The predicted molar refractivity (Wildman–Crippen MR) is 59.4 cm³/mol. The van der Waals surface area contributed by atoms with Crippen LogP contribution in [-0.4, -0.2) is 48.0 Å². The zero-order chi connectivity index (χ0) is 13.1. The van der Waals surface area contributed by atoms with Crippen LogP contribution in [0, 0.1) is 5.41 Å². The van der Waals surface area contributed by atoms with Gasteiger partial charge in [-0.05, 0) is 19.8 Å². The lowest BCUT2D eigenvalue weighted by Crippen LogP contribution is -2.47. The number of carbonyl (C=O) groups excluding carboxylic acids is 1. The molecule has 1 amide bonds. The highest BCUT2D eigenvalue weighted by Crippen LogP contribution is 2.27. The second-order valence-electron chi connectivity index (χ2n) is 4.70. The van der Waals surface area contributed by atoms with Gasteiger partial charge < -0.3 is 20.3 Å². The average Bonchev–Trinajstić information content (AvgIpc) is 3.01. The SMILES string of the molecule is COCC(O)CC(C)(C(=O)O)C(=O)NC1CC1. The molecule has 2 unspecified atom stereocenters. The second-order valence-corrected chi connectivity index (χ2v) is 4.70. The Balaban J connectivity index is 2.65. The molecular weight excluding hydrogens is 226 g/mol. The van der Waals surface area contributed by atoms with Crippen molar-refractivity contribution in [1.82, 2.24) is 5.32 Å². The molecule has 6 heteroatoms. The molecular formula is C11H19NO5. The topological polar surface area (TPSA) is 95.9 Å². The highest BCUT2D eigenvalue weighted by molar-refractivity contribution is 6.01. The summed E-state index contributed by atoms with van der Waals surface area (Å²) in [5, 5.41) is 21.4. The minimum atomic E-state index is -1.61. The van der Waals surface area contributed by atoms with Gasteiger partial charge in [-0.2, -0.15) is 0 Å². The Hall–Kier alpha value is -1.14. The van der Waals surface area contributed by atoms with Crippen LogP contribution in [0.4, 0.5) is 0 Å². The number of ether oxygens (including phenoxy) is 1. The minimum absolute atomic E-state index is 0.0135. The molecule has 1 aliphatic carbocycles. The standard InChI is InChI=1S/C11H19NO5/c1-11(10(15)16,5-8(13)6-17-2)9(14)12-7-3-4-7/h7-8,13H,3-6H2,1-2H3,(H,12,14)(H,15,16). The van der Waals surface area contributed by atoms with Crippen molar-refractivity contribution in [2.24, 2.45) is 5.41 Å². The molecule has 98 valence electrons. The van der Waals surface area contributed by atoms with Crippen LogP contribution in [0.3, 0.4) is 0 Å². The van der Waals surface area contributed by atoms with Gasteiger partial charge in [0.15, 0.2) is 0 Å². The number of nitrogens with one attached hydrogen (secondary N) is 1. The zero-order valence-corrected chi connectivity index (χ0v) is 10.1. The summed E-state index contributed by atoms with van der Waals surface area (Å²) in [6, 6.07) is 0.0979. The third-order valence-corrected chi connectivity index (χ3v) is 2.89. The lowest BCUT2D eigenvalue weighted by atomic mass is 9.83. The van der Waals surface area contributed by atoms with Crippen LogP contribution in [0.5, 0.6) is 0 Å². The summed E-state index contributed by atoms with van der Waals surface area (Å²) in [7, 11) is 1.41. The number of carboxylic acid groups (broad SMARTS) is 1. The van der Waals surface area contributed by atoms with E-state index in [1.807, 2.05) is 0 Å². The van der Waals surface area contributed by atoms with E-state index in [-0.39, 0.29) is 19.1 Å². The first-order valence-electron chi connectivity index (χ1n) is 5.61. The third-order valence-electron chi connectivity index (χ3n) is 2.89. The first kappa shape index (κ1) is 13.9. The Labute approximate surface area is 100.0 Å². The number of hydrogen-bond donors (Lipinski definition) is 3. The van der Waals surface area contributed by atoms with Crippen LogP contribution >= 0.6 is 0 Å². The fraction of sp³-hybridized carbons (Fsp3) is 0.818. The highest BCUT2D eigenvalue weighted by atomic mass is 16.5. The van der Waals surface area contributed by atoms with Crippen molar-refractivity contribution in [3.05, 3.63) is 0 Å². The van der Waals surface area contributed by atoms with Crippen molar-refractivity contribution in [2.45, 2.75) is 38.3 Å². The van der Waals surface area contributed by atoms with E-state index < -0.39 is 23.4 Å². The maximum absolute atomic E-state index is 11.9. The molecule has 0 heterocycles. The first-order valence-corrected chi connectivity index (χ1v) is 5.61. The monoisotopic (exact) mass is 245 g/mol. The van der Waals surface area contributed by atoms with Crippen molar-refractivity contribution in [2.75, 3.05) is 13.7 Å². The maximum atomic E-state index is 11.9. The molecule has 0 aromatic heterocycles. The second kappa shape index (κ2) is 5.46. The maximum Gasteiger partial charge on any atom is 0.319 e. The normalized spacial score (nSPS) is 20.4. The van der Waals surface area contributed by atoms with E-state index in [0.29, 0.717) is 0 Å². The van der Waals surface area contributed by atoms with Gasteiger partial charge in [0.1, 0.15) is 5.41 Å². The molecule has 6 nitrogen and oxygen atoms in total. The number of carbonyl (C=O) groups is 2. The molecule has 0 spiro atoms. The van der Waals surface area contributed by atoms with Crippen molar-refractivity contribution in [1.29, 1.82) is 0 Å². The number of carboxylic acids is 1. The molecule has 1 saturated carbocycles. The molecule has 0 saturated heterocycles. The Morgan fingerprint density at radius 3 is 2.53 bits per heavy atom. The van der Waals surface area contributed by atoms with E-state index in [4.69, 9.17) is 9.84 Å². The van der Waals surface area contributed by atoms with E-state index in [2.05, 4.69) is 5.32 Å². The number of aliphatic carboxylic acids is 1. The molecule has 17 heavy (non-hydrogen) atoms. The Morgan fingerprint density at radius 2 is 2.12 bits per heavy atom. The molecule has 0 bridgehead atoms. The number of aliphatic hydroxyl groups is 1. The number of methoxy groups -OCH3 is 1. The minimum Gasteiger partial charge on any atom is -0.480 e. The van der Waals surface area contributed by atoms with E-state index in [1.165, 1.54) is 14.0 Å². The number of hydrogen-bond acceptors (Lipinski definition) is 4. The molecule has 1 rings (SSSR count). The van der Waals surface area contributed by atoms with Gasteiger partial charge in [-0.3, -0.25) is 9.59 Å².